The van der Waals surface area contributed by atoms with Crippen molar-refractivity contribution in [3.05, 3.63) is 150 Å². The molecule has 0 spiro atoms. The van der Waals surface area contributed by atoms with Crippen LogP contribution in [-0.2, 0) is 9.47 Å². The van der Waals surface area contributed by atoms with Crippen molar-refractivity contribution in [2.24, 2.45) is 11.5 Å². The summed E-state index contributed by atoms with van der Waals surface area (Å²) < 4.78 is 10.8. The predicted molar refractivity (Wildman–Crippen MR) is 254 cm³/mol. The molecule has 0 unspecified atom stereocenters. The van der Waals surface area contributed by atoms with E-state index in [1.165, 1.54) is 18.0 Å². The van der Waals surface area contributed by atoms with E-state index >= 15 is 0 Å². The lowest BCUT2D eigenvalue weighted by Crippen LogP contribution is -2.36. The highest BCUT2D eigenvalue weighted by atomic mass is 35.5. The Balaban J connectivity index is 0.000000151. The van der Waals surface area contributed by atoms with Crippen LogP contribution < -0.4 is 32.3 Å². The minimum Gasteiger partial charge on any atom is -0.383 e. The third kappa shape index (κ3) is 10.7. The van der Waals surface area contributed by atoms with Gasteiger partial charge in [0, 0.05) is 84.2 Å². The third-order valence-electron chi connectivity index (χ3n) is 10.6. The van der Waals surface area contributed by atoms with Crippen molar-refractivity contribution < 1.29 is 19.1 Å². The predicted octanol–water partition coefficient (Wildman–Crippen LogP) is 6.92. The summed E-state index contributed by atoms with van der Waals surface area (Å²) in [7, 11) is 0. The van der Waals surface area contributed by atoms with Gasteiger partial charge in [0.05, 0.1) is 60.0 Å². The van der Waals surface area contributed by atoms with Gasteiger partial charge in [0.25, 0.3) is 11.8 Å². The Labute approximate surface area is 379 Å². The first-order valence-electron chi connectivity index (χ1n) is 20.8. The van der Waals surface area contributed by atoms with Gasteiger partial charge in [0.2, 0.25) is 0 Å². The monoisotopic (exact) mass is 888 g/mol. The Morgan fingerprint density at radius 1 is 0.554 bits per heavy atom. The van der Waals surface area contributed by atoms with Crippen molar-refractivity contribution >= 4 is 74.0 Å². The Kier molecular flexibility index (Phi) is 13.9. The van der Waals surface area contributed by atoms with Gasteiger partial charge in [-0.15, -0.1) is 0 Å². The van der Waals surface area contributed by atoms with Gasteiger partial charge in [-0.25, -0.2) is 19.9 Å². The molecule has 7 N–H and O–H groups in total. The summed E-state index contributed by atoms with van der Waals surface area (Å²) in [6, 6.07) is 34.7. The van der Waals surface area contributed by atoms with Gasteiger partial charge in [-0.3, -0.25) is 19.6 Å². The quantitative estimate of drug-likeness (QED) is 0.114. The standard InChI is InChI=1S/C24H22N6O2.C18H16ClN3O.C6H7N3O/c25-22(31)19-4-2-10-27-23(19)29-24-18-3-1-9-26-21(18)15-20(28-24)16-5-7-17(8-6-16)30-11-13-32-14-12-30;19-18-15-2-1-7-20-17(15)12-16(21-18)13-3-5-14(6-4-13)22-8-10-23-11-9-22;7-5-4(6(8)10)2-1-3-9-5/h1-10,15H,11-14H2,(H2,25,31)(H,27,28,29);1-7,12H,8-11H2;1-3H,(H2,7,9)(H2,8,10). The topological polar surface area (TPSA) is 227 Å². The number of nitrogens with one attached hydrogen (secondary N) is 1. The molecule has 2 saturated heterocycles. The zero-order valence-electron chi connectivity index (χ0n) is 35.2. The van der Waals surface area contributed by atoms with Gasteiger partial charge >= 0.3 is 0 Å². The van der Waals surface area contributed by atoms with Gasteiger partial charge in [0.1, 0.15) is 22.6 Å². The molecule has 17 heteroatoms. The van der Waals surface area contributed by atoms with Crippen LogP contribution in [-0.4, -0.2) is 94.3 Å². The van der Waals surface area contributed by atoms with Crippen LogP contribution in [0.1, 0.15) is 20.7 Å². The fraction of sp³-hybridized carbons (Fsp3) is 0.167. The number of carbonyl (C=O) groups excluding carboxylic acids is 2. The number of amides is 2. The van der Waals surface area contributed by atoms with E-state index in [2.05, 4.69) is 88.6 Å². The molecule has 0 saturated carbocycles. The fourth-order valence-electron chi connectivity index (χ4n) is 7.27. The number of carbonyl (C=O) groups is 2. The lowest BCUT2D eigenvalue weighted by atomic mass is 10.1. The highest BCUT2D eigenvalue weighted by Crippen LogP contribution is 2.31. The number of pyridine rings is 6. The van der Waals surface area contributed by atoms with Crippen LogP contribution in [0, 0.1) is 0 Å². The molecular weight excluding hydrogens is 844 g/mol. The number of nitrogen functional groups attached to an aromatic ring is 1. The van der Waals surface area contributed by atoms with E-state index in [4.69, 9.17) is 43.3 Å². The minimum absolute atomic E-state index is 0.176. The largest absolute Gasteiger partial charge is 0.383 e. The first-order chi connectivity index (χ1) is 31.7. The maximum absolute atomic E-state index is 11.8. The molecule has 0 radical (unpaired) electrons. The second-order valence-corrected chi connectivity index (χ2v) is 15.1. The molecule has 2 aliphatic heterocycles. The number of hydrogen-bond donors (Lipinski definition) is 4. The van der Waals surface area contributed by atoms with Crippen molar-refractivity contribution in [1.29, 1.82) is 0 Å². The van der Waals surface area contributed by atoms with Crippen LogP contribution in [0.25, 0.3) is 44.3 Å². The molecule has 0 aliphatic carbocycles. The maximum Gasteiger partial charge on any atom is 0.252 e. The number of primary amides is 2. The van der Waals surface area contributed by atoms with Crippen LogP contribution in [0.3, 0.4) is 0 Å². The molecule has 10 rings (SSSR count). The van der Waals surface area contributed by atoms with E-state index in [-0.39, 0.29) is 11.4 Å². The van der Waals surface area contributed by atoms with Crippen LogP contribution in [0.15, 0.2) is 134 Å². The number of morpholine rings is 2. The molecule has 8 aromatic rings. The third-order valence-corrected chi connectivity index (χ3v) is 10.9. The first kappa shape index (κ1) is 43.8. The molecule has 2 amide bonds. The summed E-state index contributed by atoms with van der Waals surface area (Å²) in [4.78, 5) is 53.2. The zero-order chi connectivity index (χ0) is 45.1. The van der Waals surface area contributed by atoms with Crippen molar-refractivity contribution in [1.82, 2.24) is 29.9 Å². The summed E-state index contributed by atoms with van der Waals surface area (Å²) in [5, 5.41) is 5.37. The highest BCUT2D eigenvalue weighted by molar-refractivity contribution is 6.34. The molecular formula is C48H45ClN12O4. The molecule has 328 valence electrons. The van der Waals surface area contributed by atoms with Crippen LogP contribution in [0.2, 0.25) is 5.15 Å². The summed E-state index contributed by atoms with van der Waals surface area (Å²) >= 11 is 6.29. The normalized spacial score (nSPS) is 13.6. The number of anilines is 5. The lowest BCUT2D eigenvalue weighted by Gasteiger charge is -2.28. The van der Waals surface area contributed by atoms with Crippen molar-refractivity contribution in [2.45, 2.75) is 0 Å². The number of hydrogen-bond acceptors (Lipinski definition) is 14. The smallest absolute Gasteiger partial charge is 0.252 e. The number of ether oxygens (including phenoxy) is 2. The van der Waals surface area contributed by atoms with Crippen LogP contribution in [0.4, 0.5) is 28.8 Å². The average Bonchev–Trinajstić information content (AvgIpc) is 3.35. The molecule has 16 nitrogen and oxygen atoms in total. The summed E-state index contributed by atoms with van der Waals surface area (Å²) in [5.41, 5.74) is 24.0. The summed E-state index contributed by atoms with van der Waals surface area (Å²) in [6.07, 6.45) is 6.61. The van der Waals surface area contributed by atoms with Gasteiger partial charge in [-0.1, -0.05) is 35.9 Å². The van der Waals surface area contributed by atoms with E-state index < -0.39 is 11.8 Å². The number of aromatic nitrogens is 6. The molecule has 0 bridgehead atoms. The van der Waals surface area contributed by atoms with E-state index in [1.54, 1.807) is 36.8 Å². The average molecular weight is 889 g/mol. The second-order valence-electron chi connectivity index (χ2n) is 14.8. The number of fused-ring (bicyclic) bond motifs is 2. The molecule has 65 heavy (non-hydrogen) atoms. The molecule has 2 aromatic carbocycles. The van der Waals surface area contributed by atoms with E-state index in [9.17, 15) is 9.59 Å². The van der Waals surface area contributed by atoms with Gasteiger partial charge in [-0.05, 0) is 84.9 Å². The van der Waals surface area contributed by atoms with Crippen molar-refractivity contribution in [3.8, 4) is 22.5 Å². The van der Waals surface area contributed by atoms with Gasteiger partial charge < -0.3 is 41.8 Å². The SMILES string of the molecule is Clc1nc(-c2ccc(N3CCOCC3)cc2)cc2ncccc12.NC(=O)c1cccnc1N.NC(=O)c1cccnc1Nc1nc(-c2ccc(N3CCOCC3)cc2)cc2ncccc12. The molecule has 2 fully saturated rings. The van der Waals surface area contributed by atoms with E-state index in [1.807, 2.05) is 36.4 Å². The number of benzene rings is 2. The van der Waals surface area contributed by atoms with Gasteiger partial charge in [-0.2, -0.15) is 0 Å². The number of nitrogens with zero attached hydrogens (tertiary/aromatic N) is 8. The number of halogens is 1. The van der Waals surface area contributed by atoms with Crippen molar-refractivity contribution in [2.75, 3.05) is 73.5 Å². The van der Waals surface area contributed by atoms with Crippen LogP contribution in [0.5, 0.6) is 0 Å². The lowest BCUT2D eigenvalue weighted by molar-refractivity contribution is 0.0992. The second kappa shape index (κ2) is 20.6. The number of rotatable bonds is 8. The highest BCUT2D eigenvalue weighted by Gasteiger charge is 2.16. The number of nitrogens with two attached hydrogens (primary N) is 3. The van der Waals surface area contributed by atoms with Crippen molar-refractivity contribution in [3.63, 3.8) is 0 Å². The molecule has 8 heterocycles. The van der Waals surface area contributed by atoms with Gasteiger partial charge in [0.15, 0.2) is 0 Å². The summed E-state index contributed by atoms with van der Waals surface area (Å²) in [6.45, 7) is 6.71. The Hall–Kier alpha value is -7.79. The Morgan fingerprint density at radius 3 is 1.54 bits per heavy atom. The Bertz CT molecular complexity index is 2930. The molecule has 2 aliphatic rings. The van der Waals surface area contributed by atoms with Crippen LogP contribution >= 0.6 is 11.6 Å². The first-order valence-corrected chi connectivity index (χ1v) is 21.1. The maximum atomic E-state index is 11.8. The van der Waals surface area contributed by atoms with E-state index in [0.29, 0.717) is 22.4 Å². The molecule has 0 atom stereocenters. The Morgan fingerprint density at radius 2 is 1.02 bits per heavy atom. The van der Waals surface area contributed by atoms with E-state index in [0.717, 1.165) is 103 Å². The minimum atomic E-state index is -0.558. The zero-order valence-corrected chi connectivity index (χ0v) is 35.9. The molecule has 6 aromatic heterocycles. The fourth-order valence-corrected chi connectivity index (χ4v) is 7.52. The summed E-state index contributed by atoms with van der Waals surface area (Å²) in [5.74, 6) is -0.0139.